The Hall–Kier alpha value is -2.04. The number of benzene rings is 2. The van der Waals surface area contributed by atoms with Gasteiger partial charge in [-0.3, -0.25) is 4.79 Å². The average molecular weight is 345 g/mol. The zero-order valence-electron chi connectivity index (χ0n) is 13.8. The van der Waals surface area contributed by atoms with Crippen molar-refractivity contribution in [2.24, 2.45) is 0 Å². The second-order valence-corrected chi connectivity index (χ2v) is 6.58. The minimum Gasteiger partial charge on any atom is -0.360 e. The lowest BCUT2D eigenvalue weighted by Crippen LogP contribution is -3.19. The van der Waals surface area contributed by atoms with E-state index in [0.717, 1.165) is 26.2 Å². The van der Waals surface area contributed by atoms with Gasteiger partial charge in [-0.1, -0.05) is 41.9 Å². The highest BCUT2D eigenvalue weighted by atomic mass is 35.5. The first-order chi connectivity index (χ1) is 11.6. The number of amides is 1. The lowest BCUT2D eigenvalue weighted by Gasteiger charge is -2.36. The molecular formula is C19H23ClN3O+. The molecule has 0 spiro atoms. The molecule has 4 nitrogen and oxygen atoms in total. The SMILES string of the molecule is C[C@@H](C(=O)Nc1ccccc1Cl)[NH+]1CCN(c2ccccc2)CC1. The highest BCUT2D eigenvalue weighted by Crippen LogP contribution is 2.20. The molecule has 0 saturated carbocycles. The van der Waals surface area contributed by atoms with E-state index < -0.39 is 0 Å². The molecule has 1 amide bonds. The summed E-state index contributed by atoms with van der Waals surface area (Å²) in [6.45, 7) is 5.81. The van der Waals surface area contributed by atoms with Crippen molar-refractivity contribution in [3.05, 3.63) is 59.6 Å². The van der Waals surface area contributed by atoms with Crippen molar-refractivity contribution in [3.63, 3.8) is 0 Å². The molecule has 1 atom stereocenters. The smallest absolute Gasteiger partial charge is 0.282 e. The van der Waals surface area contributed by atoms with Crippen molar-refractivity contribution < 1.29 is 9.69 Å². The topological polar surface area (TPSA) is 36.8 Å². The standard InChI is InChI=1S/C19H22ClN3O/c1-15(19(24)21-18-10-6-5-9-17(18)20)22-11-13-23(14-12-22)16-7-3-2-4-8-16/h2-10,15H,11-14H2,1H3,(H,21,24)/p+1/t15-/m0/s1. The van der Waals surface area contributed by atoms with E-state index in [0.29, 0.717) is 10.7 Å². The first kappa shape index (κ1) is 16.8. The van der Waals surface area contributed by atoms with Crippen LogP contribution in [0.5, 0.6) is 0 Å². The Kier molecular flexibility index (Phi) is 5.38. The van der Waals surface area contributed by atoms with Gasteiger partial charge in [0.1, 0.15) is 0 Å². The fourth-order valence-corrected chi connectivity index (χ4v) is 3.30. The van der Waals surface area contributed by atoms with Crippen molar-refractivity contribution >= 4 is 28.9 Å². The Labute approximate surface area is 148 Å². The molecule has 3 rings (SSSR count). The molecule has 2 aromatic rings. The van der Waals surface area contributed by atoms with E-state index in [9.17, 15) is 4.79 Å². The fourth-order valence-electron chi connectivity index (χ4n) is 3.11. The van der Waals surface area contributed by atoms with Crippen LogP contribution in [-0.2, 0) is 4.79 Å². The molecule has 1 saturated heterocycles. The number of rotatable bonds is 4. The van der Waals surface area contributed by atoms with Crippen molar-refractivity contribution in [2.75, 3.05) is 36.4 Å². The van der Waals surface area contributed by atoms with Gasteiger partial charge in [0.2, 0.25) is 0 Å². The van der Waals surface area contributed by atoms with E-state index >= 15 is 0 Å². The molecule has 2 aromatic carbocycles. The second kappa shape index (κ2) is 7.69. The molecular weight excluding hydrogens is 322 g/mol. The zero-order chi connectivity index (χ0) is 16.9. The van der Waals surface area contributed by atoms with Crippen LogP contribution in [0.2, 0.25) is 5.02 Å². The van der Waals surface area contributed by atoms with E-state index in [1.165, 1.54) is 10.6 Å². The van der Waals surface area contributed by atoms with E-state index in [4.69, 9.17) is 11.6 Å². The number of carbonyl (C=O) groups excluding carboxylic acids is 1. The Balaban J connectivity index is 1.56. The van der Waals surface area contributed by atoms with E-state index in [1.54, 1.807) is 6.07 Å². The molecule has 0 radical (unpaired) electrons. The normalized spacial score (nSPS) is 16.7. The number of anilines is 2. The van der Waals surface area contributed by atoms with Crippen LogP contribution in [-0.4, -0.2) is 38.1 Å². The van der Waals surface area contributed by atoms with Gasteiger partial charge in [0, 0.05) is 5.69 Å². The van der Waals surface area contributed by atoms with Gasteiger partial charge in [-0.25, -0.2) is 0 Å². The number of hydrogen-bond donors (Lipinski definition) is 2. The van der Waals surface area contributed by atoms with Crippen LogP contribution in [0.1, 0.15) is 6.92 Å². The van der Waals surface area contributed by atoms with Crippen molar-refractivity contribution in [3.8, 4) is 0 Å². The summed E-state index contributed by atoms with van der Waals surface area (Å²) in [6, 6.07) is 17.7. The van der Waals surface area contributed by atoms with Gasteiger partial charge in [-0.2, -0.15) is 0 Å². The van der Waals surface area contributed by atoms with Gasteiger partial charge in [0.15, 0.2) is 6.04 Å². The highest BCUT2D eigenvalue weighted by molar-refractivity contribution is 6.33. The van der Waals surface area contributed by atoms with Crippen LogP contribution in [0, 0.1) is 0 Å². The minimum absolute atomic E-state index is 0.0197. The molecule has 1 fully saturated rings. The third-order valence-corrected chi connectivity index (χ3v) is 4.99. The van der Waals surface area contributed by atoms with Crippen LogP contribution in [0.3, 0.4) is 0 Å². The van der Waals surface area contributed by atoms with Gasteiger partial charge in [-0.15, -0.1) is 0 Å². The Morgan fingerprint density at radius 3 is 2.38 bits per heavy atom. The van der Waals surface area contributed by atoms with Crippen molar-refractivity contribution in [1.29, 1.82) is 0 Å². The number of carbonyl (C=O) groups is 1. The van der Waals surface area contributed by atoms with Crippen LogP contribution in [0.4, 0.5) is 11.4 Å². The first-order valence-corrected chi connectivity index (χ1v) is 8.73. The summed E-state index contributed by atoms with van der Waals surface area (Å²) in [4.78, 5) is 16.2. The maximum atomic E-state index is 12.5. The van der Waals surface area contributed by atoms with Crippen molar-refractivity contribution in [1.82, 2.24) is 0 Å². The maximum absolute atomic E-state index is 12.5. The molecule has 0 bridgehead atoms. The summed E-state index contributed by atoms with van der Waals surface area (Å²) >= 11 is 6.12. The summed E-state index contributed by atoms with van der Waals surface area (Å²) in [5.41, 5.74) is 1.93. The van der Waals surface area contributed by atoms with Crippen LogP contribution in [0.15, 0.2) is 54.6 Å². The molecule has 0 aliphatic carbocycles. The molecule has 5 heteroatoms. The Morgan fingerprint density at radius 2 is 1.71 bits per heavy atom. The van der Waals surface area contributed by atoms with E-state index in [-0.39, 0.29) is 11.9 Å². The largest absolute Gasteiger partial charge is 0.360 e. The predicted molar refractivity (Wildman–Crippen MR) is 98.9 cm³/mol. The number of nitrogens with one attached hydrogen (secondary N) is 2. The van der Waals surface area contributed by atoms with Gasteiger partial charge in [0.05, 0.1) is 36.9 Å². The molecule has 24 heavy (non-hydrogen) atoms. The molecule has 1 aliphatic heterocycles. The zero-order valence-corrected chi connectivity index (χ0v) is 14.6. The first-order valence-electron chi connectivity index (χ1n) is 8.35. The summed E-state index contributed by atoms with van der Waals surface area (Å²) in [5.74, 6) is 0.0197. The summed E-state index contributed by atoms with van der Waals surface area (Å²) in [7, 11) is 0. The fraction of sp³-hybridized carbons (Fsp3) is 0.316. The molecule has 1 heterocycles. The molecule has 126 valence electrons. The van der Waals surface area contributed by atoms with Crippen molar-refractivity contribution in [2.45, 2.75) is 13.0 Å². The molecule has 1 aliphatic rings. The van der Waals surface area contributed by atoms with Gasteiger partial charge in [-0.05, 0) is 31.2 Å². The van der Waals surface area contributed by atoms with Gasteiger partial charge < -0.3 is 15.1 Å². The number of halogens is 1. The molecule has 0 aromatic heterocycles. The number of hydrogen-bond acceptors (Lipinski definition) is 2. The second-order valence-electron chi connectivity index (χ2n) is 6.17. The van der Waals surface area contributed by atoms with Crippen LogP contribution in [0.25, 0.3) is 0 Å². The minimum atomic E-state index is -0.0980. The lowest BCUT2D eigenvalue weighted by atomic mass is 10.2. The Morgan fingerprint density at radius 1 is 1.08 bits per heavy atom. The van der Waals surface area contributed by atoms with E-state index in [2.05, 4.69) is 34.5 Å². The third kappa shape index (κ3) is 3.89. The maximum Gasteiger partial charge on any atom is 0.282 e. The average Bonchev–Trinajstić information content (AvgIpc) is 2.64. The number of para-hydroxylation sites is 2. The highest BCUT2D eigenvalue weighted by Gasteiger charge is 2.29. The van der Waals surface area contributed by atoms with E-state index in [1.807, 2.05) is 31.2 Å². The monoisotopic (exact) mass is 344 g/mol. The summed E-state index contributed by atoms with van der Waals surface area (Å²) < 4.78 is 0. The van der Waals surface area contributed by atoms with Crippen LogP contribution < -0.4 is 15.1 Å². The van der Waals surface area contributed by atoms with Gasteiger partial charge >= 0.3 is 0 Å². The molecule has 2 N–H and O–H groups in total. The summed E-state index contributed by atoms with van der Waals surface area (Å²) in [5, 5.41) is 3.52. The quantitative estimate of drug-likeness (QED) is 0.891. The van der Waals surface area contributed by atoms with Gasteiger partial charge in [0.25, 0.3) is 5.91 Å². The molecule has 0 unspecified atom stereocenters. The Bertz CT molecular complexity index is 684. The lowest BCUT2D eigenvalue weighted by molar-refractivity contribution is -0.914. The number of quaternary nitrogens is 1. The predicted octanol–water partition coefficient (Wildman–Crippen LogP) is 2.07. The third-order valence-electron chi connectivity index (χ3n) is 4.66. The number of nitrogens with zero attached hydrogens (tertiary/aromatic N) is 1. The number of piperazine rings is 1. The van der Waals surface area contributed by atoms with Crippen LogP contribution >= 0.6 is 11.6 Å². The summed E-state index contributed by atoms with van der Waals surface area (Å²) in [6.07, 6.45) is 0.